The van der Waals surface area contributed by atoms with Gasteiger partial charge in [-0.1, -0.05) is 17.7 Å². The number of thioether (sulfide) groups is 2. The Balaban J connectivity index is 0.00000242. The van der Waals surface area contributed by atoms with Crippen LogP contribution in [0, 0.1) is 0 Å². The summed E-state index contributed by atoms with van der Waals surface area (Å²) in [6.07, 6.45) is 4.04. The van der Waals surface area contributed by atoms with Crippen molar-refractivity contribution in [3.8, 4) is 0 Å². The van der Waals surface area contributed by atoms with E-state index in [1.54, 1.807) is 23.5 Å². The summed E-state index contributed by atoms with van der Waals surface area (Å²) in [5.41, 5.74) is 7.52. The van der Waals surface area contributed by atoms with Gasteiger partial charge in [-0.05, 0) is 48.9 Å². The molecule has 0 spiro atoms. The largest absolute Gasteiger partial charge is 0.369 e. The Bertz CT molecular complexity index is 663. The molecule has 0 aliphatic rings. The minimum absolute atomic E-state index is 0. The summed E-state index contributed by atoms with van der Waals surface area (Å²) in [5.74, 6) is 0.313. The fourth-order valence-electron chi connectivity index (χ4n) is 1.71. The van der Waals surface area contributed by atoms with Crippen LogP contribution >= 0.6 is 47.5 Å². The molecule has 0 fully saturated rings. The highest BCUT2D eigenvalue weighted by Crippen LogP contribution is 2.29. The highest BCUT2D eigenvalue weighted by atomic mass is 35.5. The van der Waals surface area contributed by atoms with Crippen LogP contribution in [0.2, 0.25) is 5.02 Å². The van der Waals surface area contributed by atoms with E-state index < -0.39 is 0 Å². The predicted molar refractivity (Wildman–Crippen MR) is 104 cm³/mol. The van der Waals surface area contributed by atoms with Crippen LogP contribution in [0.5, 0.6) is 0 Å². The summed E-state index contributed by atoms with van der Waals surface area (Å²) in [5, 5.41) is 3.66. The van der Waals surface area contributed by atoms with Crippen molar-refractivity contribution >= 4 is 64.9 Å². The maximum Gasteiger partial charge on any atom is 0.198 e. The van der Waals surface area contributed by atoms with Gasteiger partial charge >= 0.3 is 0 Å². The first kappa shape index (κ1) is 19.0. The molecule has 0 atom stereocenters. The predicted octanol–water partition coefficient (Wildman–Crippen LogP) is 5.26. The minimum atomic E-state index is 0. The lowest BCUT2D eigenvalue weighted by atomic mass is 10.3. The quantitative estimate of drug-likeness (QED) is 0.435. The van der Waals surface area contributed by atoms with Gasteiger partial charge in [-0.15, -0.1) is 35.9 Å². The van der Waals surface area contributed by atoms with Gasteiger partial charge in [0.2, 0.25) is 0 Å². The van der Waals surface area contributed by atoms with Gasteiger partial charge in [-0.25, -0.2) is 4.99 Å². The zero-order valence-electron chi connectivity index (χ0n) is 12.2. The zero-order chi connectivity index (χ0) is 15.2. The van der Waals surface area contributed by atoms with Gasteiger partial charge in [0.05, 0.1) is 10.7 Å². The van der Waals surface area contributed by atoms with E-state index in [0.717, 1.165) is 15.5 Å². The van der Waals surface area contributed by atoms with Gasteiger partial charge in [-0.2, -0.15) is 0 Å². The van der Waals surface area contributed by atoms with E-state index in [9.17, 15) is 0 Å². The summed E-state index contributed by atoms with van der Waals surface area (Å²) in [6.45, 7) is 0. The number of guanidine groups is 1. The maximum atomic E-state index is 6.14. The van der Waals surface area contributed by atoms with E-state index in [1.165, 1.54) is 0 Å². The number of nitrogens with one attached hydrogen (secondary N) is 1. The van der Waals surface area contributed by atoms with Crippen LogP contribution < -0.4 is 11.1 Å². The molecule has 0 unspecified atom stereocenters. The highest BCUT2D eigenvalue weighted by Gasteiger charge is 2.03. The number of hydrogen-bond acceptors (Lipinski definition) is 3. The number of nitrogens with zero attached hydrogens (tertiary/aromatic N) is 1. The molecule has 2 rings (SSSR count). The number of rotatable bonds is 4. The lowest BCUT2D eigenvalue weighted by molar-refractivity contribution is 1.37. The third-order valence-electron chi connectivity index (χ3n) is 2.74. The van der Waals surface area contributed by atoms with Crippen LogP contribution in [-0.4, -0.2) is 18.5 Å². The third-order valence-corrected chi connectivity index (χ3v) is 4.51. The second kappa shape index (κ2) is 9.20. The third kappa shape index (κ3) is 5.32. The van der Waals surface area contributed by atoms with Crippen LogP contribution in [0.25, 0.3) is 0 Å². The first-order valence-corrected chi connectivity index (χ1v) is 9.04. The Morgan fingerprint density at radius 1 is 1.09 bits per heavy atom. The van der Waals surface area contributed by atoms with Crippen molar-refractivity contribution in [1.29, 1.82) is 0 Å². The van der Waals surface area contributed by atoms with Crippen LogP contribution in [0.15, 0.2) is 57.2 Å². The molecule has 0 aliphatic heterocycles. The van der Waals surface area contributed by atoms with Crippen molar-refractivity contribution in [2.24, 2.45) is 10.7 Å². The number of nitrogens with two attached hydrogens (primary N) is 1. The number of hydrogen-bond donors (Lipinski definition) is 2. The fourth-order valence-corrected chi connectivity index (χ4v) is 2.76. The molecular weight excluding hydrogens is 357 g/mol. The van der Waals surface area contributed by atoms with Crippen LogP contribution in [0.3, 0.4) is 0 Å². The molecule has 7 heteroatoms. The number of anilines is 1. The molecule has 0 aliphatic carbocycles. The fraction of sp³-hybridized carbons (Fsp3) is 0.133. The van der Waals surface area contributed by atoms with Crippen molar-refractivity contribution in [3.63, 3.8) is 0 Å². The van der Waals surface area contributed by atoms with Gasteiger partial charge in [0.1, 0.15) is 0 Å². The van der Waals surface area contributed by atoms with Crippen molar-refractivity contribution in [2.45, 2.75) is 9.79 Å². The molecular formula is C15H17Cl2N3S2. The Morgan fingerprint density at radius 3 is 2.45 bits per heavy atom. The molecule has 118 valence electrons. The van der Waals surface area contributed by atoms with Gasteiger partial charge in [0, 0.05) is 15.5 Å². The van der Waals surface area contributed by atoms with E-state index in [0.29, 0.717) is 16.7 Å². The van der Waals surface area contributed by atoms with Gasteiger partial charge in [0.15, 0.2) is 5.96 Å². The zero-order valence-corrected chi connectivity index (χ0v) is 15.4. The molecule has 0 saturated carbocycles. The molecule has 0 heterocycles. The van der Waals surface area contributed by atoms with Crippen molar-refractivity contribution in [1.82, 2.24) is 0 Å². The Kier molecular flexibility index (Phi) is 7.96. The SMILES string of the molecule is CSc1cccc(NC(N)=Nc2cc(SC)ccc2Cl)c1.Cl. The molecule has 0 bridgehead atoms. The van der Waals surface area contributed by atoms with Gasteiger partial charge in [-0.3, -0.25) is 0 Å². The van der Waals surface area contributed by atoms with Crippen molar-refractivity contribution < 1.29 is 0 Å². The first-order chi connectivity index (χ1) is 10.1. The summed E-state index contributed by atoms with van der Waals surface area (Å²) < 4.78 is 0. The lowest BCUT2D eigenvalue weighted by Crippen LogP contribution is -2.21. The second-order valence-corrected chi connectivity index (χ2v) is 6.34. The molecule has 0 aromatic heterocycles. The Morgan fingerprint density at radius 2 is 1.77 bits per heavy atom. The normalized spacial score (nSPS) is 11.0. The van der Waals surface area contributed by atoms with Crippen molar-refractivity contribution in [3.05, 3.63) is 47.5 Å². The van der Waals surface area contributed by atoms with Crippen molar-refractivity contribution in [2.75, 3.05) is 17.8 Å². The molecule has 0 saturated heterocycles. The van der Waals surface area contributed by atoms with E-state index >= 15 is 0 Å². The minimum Gasteiger partial charge on any atom is -0.369 e. The summed E-state index contributed by atoms with van der Waals surface area (Å²) >= 11 is 9.46. The first-order valence-electron chi connectivity index (χ1n) is 6.21. The molecule has 3 nitrogen and oxygen atoms in total. The molecule has 2 aromatic rings. The standard InChI is InChI=1S/C15H16ClN3S2.ClH/c1-20-11-5-3-4-10(8-11)18-15(17)19-14-9-12(21-2)6-7-13(14)16;/h3-9H,1-2H3,(H3,17,18,19);1H. The van der Waals surface area contributed by atoms with Gasteiger partial charge in [0.25, 0.3) is 0 Å². The molecule has 2 aromatic carbocycles. The maximum absolute atomic E-state index is 6.14. The van der Waals surface area contributed by atoms with Crippen LogP contribution in [0.1, 0.15) is 0 Å². The average Bonchev–Trinajstić information content (AvgIpc) is 2.49. The second-order valence-electron chi connectivity index (χ2n) is 4.17. The van der Waals surface area contributed by atoms with E-state index in [2.05, 4.69) is 10.3 Å². The van der Waals surface area contributed by atoms with Crippen LogP contribution in [-0.2, 0) is 0 Å². The van der Waals surface area contributed by atoms with Crippen LogP contribution in [0.4, 0.5) is 11.4 Å². The molecule has 3 N–H and O–H groups in total. The molecule has 0 amide bonds. The number of aliphatic imine (C=N–C) groups is 1. The summed E-state index contributed by atoms with van der Waals surface area (Å²) in [7, 11) is 0. The molecule has 22 heavy (non-hydrogen) atoms. The Labute approximate surface area is 150 Å². The van der Waals surface area contributed by atoms with Gasteiger partial charge < -0.3 is 11.1 Å². The Hall–Kier alpha value is -1.01. The average molecular weight is 374 g/mol. The summed E-state index contributed by atoms with van der Waals surface area (Å²) in [6, 6.07) is 13.7. The van der Waals surface area contributed by atoms with E-state index in [4.69, 9.17) is 17.3 Å². The topological polar surface area (TPSA) is 50.4 Å². The summed E-state index contributed by atoms with van der Waals surface area (Å²) in [4.78, 5) is 6.60. The monoisotopic (exact) mass is 373 g/mol. The number of benzene rings is 2. The van der Waals surface area contributed by atoms with E-state index in [1.807, 2.05) is 55.0 Å². The molecule has 0 radical (unpaired) electrons. The highest BCUT2D eigenvalue weighted by molar-refractivity contribution is 7.98. The lowest BCUT2D eigenvalue weighted by Gasteiger charge is -2.08. The number of halogens is 2. The smallest absolute Gasteiger partial charge is 0.198 e. The van der Waals surface area contributed by atoms with E-state index in [-0.39, 0.29) is 12.4 Å².